The number of esters is 1. The first-order valence-electron chi connectivity index (χ1n) is 6.00. The molecule has 0 heterocycles. The number of halogens is 2. The van der Waals surface area contributed by atoms with E-state index in [0.717, 1.165) is 10.5 Å². The average Bonchev–Trinajstić information content (AvgIpc) is 2.39. The molecule has 2 aromatic rings. The summed E-state index contributed by atoms with van der Waals surface area (Å²) in [4.78, 5) is 11.8. The third-order valence-electron chi connectivity index (χ3n) is 2.46. The number of carbonyl (C=O) groups is 1. The van der Waals surface area contributed by atoms with Crippen LogP contribution in [-0.4, -0.2) is 12.6 Å². The van der Waals surface area contributed by atoms with Gasteiger partial charge in [-0.25, -0.2) is 9.18 Å². The van der Waals surface area contributed by atoms with E-state index >= 15 is 0 Å². The van der Waals surface area contributed by atoms with Gasteiger partial charge in [-0.3, -0.25) is 0 Å². The molecule has 5 heteroatoms. The minimum Gasteiger partial charge on any atom is -0.462 e. The molecule has 0 aliphatic heterocycles. The van der Waals surface area contributed by atoms with Gasteiger partial charge in [-0.2, -0.15) is 0 Å². The van der Waals surface area contributed by atoms with Gasteiger partial charge in [0.2, 0.25) is 0 Å². The number of carbonyl (C=O) groups excluding carboxylic acids is 1. The Kier molecular flexibility index (Phi) is 4.74. The second-order valence-corrected chi connectivity index (χ2v) is 4.84. The summed E-state index contributed by atoms with van der Waals surface area (Å²) in [5.41, 5.74) is 0.188. The largest absolute Gasteiger partial charge is 0.462 e. The highest BCUT2D eigenvalue weighted by atomic mass is 79.9. The van der Waals surface area contributed by atoms with Crippen LogP contribution in [0, 0.1) is 5.82 Å². The van der Waals surface area contributed by atoms with Crippen molar-refractivity contribution >= 4 is 21.9 Å². The van der Waals surface area contributed by atoms with E-state index in [9.17, 15) is 9.18 Å². The highest BCUT2D eigenvalue weighted by Gasteiger charge is 2.15. The molecular weight excluding hydrogens is 327 g/mol. The molecule has 2 aromatic carbocycles. The van der Waals surface area contributed by atoms with Gasteiger partial charge in [0.05, 0.1) is 6.61 Å². The zero-order chi connectivity index (χ0) is 14.5. The van der Waals surface area contributed by atoms with E-state index in [1.54, 1.807) is 25.1 Å². The molecule has 104 valence electrons. The molecule has 0 amide bonds. The van der Waals surface area contributed by atoms with Crippen LogP contribution in [0.2, 0.25) is 0 Å². The Balaban J connectivity index is 2.34. The molecule has 0 saturated heterocycles. The lowest BCUT2D eigenvalue weighted by atomic mass is 10.2. The SMILES string of the molecule is CCOC(=O)c1ccc(F)cc1Oc1cccc(Br)c1. The zero-order valence-electron chi connectivity index (χ0n) is 10.7. The number of benzene rings is 2. The highest BCUT2D eigenvalue weighted by Crippen LogP contribution is 2.28. The molecule has 0 radical (unpaired) electrons. The molecule has 0 aliphatic rings. The van der Waals surface area contributed by atoms with Crippen LogP contribution >= 0.6 is 15.9 Å². The van der Waals surface area contributed by atoms with Crippen molar-refractivity contribution in [2.24, 2.45) is 0 Å². The summed E-state index contributed by atoms with van der Waals surface area (Å²) in [5, 5.41) is 0. The first-order chi connectivity index (χ1) is 9.60. The molecule has 0 saturated carbocycles. The number of rotatable bonds is 4. The molecule has 0 aromatic heterocycles. The summed E-state index contributed by atoms with van der Waals surface area (Å²) >= 11 is 3.32. The van der Waals surface area contributed by atoms with E-state index in [0.29, 0.717) is 5.75 Å². The maximum absolute atomic E-state index is 13.3. The van der Waals surface area contributed by atoms with Gasteiger partial charge >= 0.3 is 5.97 Å². The standard InChI is InChI=1S/C15H12BrFO3/c1-2-19-15(18)13-7-6-11(17)9-14(13)20-12-5-3-4-10(16)8-12/h3-9H,2H2,1H3. The topological polar surface area (TPSA) is 35.5 Å². The quantitative estimate of drug-likeness (QED) is 0.766. The number of hydrogen-bond donors (Lipinski definition) is 0. The van der Waals surface area contributed by atoms with Gasteiger partial charge in [0, 0.05) is 10.5 Å². The lowest BCUT2D eigenvalue weighted by Crippen LogP contribution is -2.06. The van der Waals surface area contributed by atoms with Gasteiger partial charge < -0.3 is 9.47 Å². The maximum atomic E-state index is 13.3. The third kappa shape index (κ3) is 3.57. The van der Waals surface area contributed by atoms with Crippen LogP contribution in [-0.2, 0) is 4.74 Å². The predicted molar refractivity (Wildman–Crippen MR) is 76.6 cm³/mol. The zero-order valence-corrected chi connectivity index (χ0v) is 12.3. The summed E-state index contributed by atoms with van der Waals surface area (Å²) in [6, 6.07) is 10.8. The number of hydrogen-bond acceptors (Lipinski definition) is 3. The molecule has 0 unspecified atom stereocenters. The van der Waals surface area contributed by atoms with E-state index in [1.165, 1.54) is 12.1 Å². The minimum atomic E-state index is -0.544. The summed E-state index contributed by atoms with van der Waals surface area (Å²) in [7, 11) is 0. The Morgan fingerprint density at radius 1 is 1.25 bits per heavy atom. The van der Waals surface area contributed by atoms with Crippen molar-refractivity contribution in [2.45, 2.75) is 6.92 Å². The van der Waals surface area contributed by atoms with Gasteiger partial charge in [-0.05, 0) is 37.3 Å². The highest BCUT2D eigenvalue weighted by molar-refractivity contribution is 9.10. The Hall–Kier alpha value is -1.88. The van der Waals surface area contributed by atoms with Crippen LogP contribution in [0.15, 0.2) is 46.9 Å². The van der Waals surface area contributed by atoms with Crippen molar-refractivity contribution in [1.82, 2.24) is 0 Å². The van der Waals surface area contributed by atoms with Crippen molar-refractivity contribution in [1.29, 1.82) is 0 Å². The fraction of sp³-hybridized carbons (Fsp3) is 0.133. The Labute approximate surface area is 124 Å². The van der Waals surface area contributed by atoms with Gasteiger partial charge in [0.1, 0.15) is 22.9 Å². The van der Waals surface area contributed by atoms with Crippen molar-refractivity contribution in [3.63, 3.8) is 0 Å². The number of ether oxygens (including phenoxy) is 2. The Morgan fingerprint density at radius 2 is 2.05 bits per heavy atom. The summed E-state index contributed by atoms with van der Waals surface area (Å²) in [5.74, 6) is -0.405. The van der Waals surface area contributed by atoms with Gasteiger partial charge in [0.25, 0.3) is 0 Å². The molecule has 0 spiro atoms. The van der Waals surface area contributed by atoms with Crippen LogP contribution in [0.25, 0.3) is 0 Å². The molecule has 0 N–H and O–H groups in total. The van der Waals surface area contributed by atoms with Crippen molar-refractivity contribution in [2.75, 3.05) is 6.61 Å². The smallest absolute Gasteiger partial charge is 0.341 e. The van der Waals surface area contributed by atoms with Crippen LogP contribution < -0.4 is 4.74 Å². The van der Waals surface area contributed by atoms with E-state index in [1.807, 2.05) is 6.07 Å². The summed E-state index contributed by atoms with van der Waals surface area (Å²) < 4.78 is 24.6. The normalized spacial score (nSPS) is 10.2. The van der Waals surface area contributed by atoms with Crippen molar-refractivity contribution in [3.05, 3.63) is 58.3 Å². The van der Waals surface area contributed by atoms with Gasteiger partial charge in [-0.1, -0.05) is 22.0 Å². The Bertz CT molecular complexity index is 628. The molecule has 0 atom stereocenters. The van der Waals surface area contributed by atoms with E-state index in [-0.39, 0.29) is 17.9 Å². The predicted octanol–water partition coefficient (Wildman–Crippen LogP) is 4.56. The van der Waals surface area contributed by atoms with Crippen LogP contribution in [0.3, 0.4) is 0 Å². The third-order valence-corrected chi connectivity index (χ3v) is 2.96. The Morgan fingerprint density at radius 3 is 2.75 bits per heavy atom. The van der Waals surface area contributed by atoms with Gasteiger partial charge in [-0.15, -0.1) is 0 Å². The van der Waals surface area contributed by atoms with Crippen LogP contribution in [0.1, 0.15) is 17.3 Å². The minimum absolute atomic E-state index is 0.126. The van der Waals surface area contributed by atoms with Crippen LogP contribution in [0.4, 0.5) is 4.39 Å². The fourth-order valence-electron chi connectivity index (χ4n) is 1.62. The molecule has 3 nitrogen and oxygen atoms in total. The maximum Gasteiger partial charge on any atom is 0.341 e. The second-order valence-electron chi connectivity index (χ2n) is 3.92. The first-order valence-corrected chi connectivity index (χ1v) is 6.79. The van der Waals surface area contributed by atoms with Crippen molar-refractivity contribution in [3.8, 4) is 11.5 Å². The first kappa shape index (κ1) is 14.5. The molecule has 0 aliphatic carbocycles. The molecule has 0 fully saturated rings. The van der Waals surface area contributed by atoms with Crippen LogP contribution in [0.5, 0.6) is 11.5 Å². The summed E-state index contributed by atoms with van der Waals surface area (Å²) in [6.45, 7) is 1.95. The molecule has 2 rings (SSSR count). The lowest BCUT2D eigenvalue weighted by Gasteiger charge is -2.11. The molecular formula is C15H12BrFO3. The lowest BCUT2D eigenvalue weighted by molar-refractivity contribution is 0.0523. The van der Waals surface area contributed by atoms with E-state index in [4.69, 9.17) is 9.47 Å². The fourth-order valence-corrected chi connectivity index (χ4v) is 1.99. The summed E-state index contributed by atoms with van der Waals surface area (Å²) in [6.07, 6.45) is 0. The van der Waals surface area contributed by atoms with E-state index < -0.39 is 11.8 Å². The monoisotopic (exact) mass is 338 g/mol. The second kappa shape index (κ2) is 6.52. The average molecular weight is 339 g/mol. The van der Waals surface area contributed by atoms with Crippen molar-refractivity contribution < 1.29 is 18.7 Å². The molecule has 20 heavy (non-hydrogen) atoms. The van der Waals surface area contributed by atoms with E-state index in [2.05, 4.69) is 15.9 Å². The van der Waals surface area contributed by atoms with Gasteiger partial charge in [0.15, 0.2) is 0 Å². The molecule has 0 bridgehead atoms.